The van der Waals surface area contributed by atoms with Crippen molar-refractivity contribution in [2.45, 2.75) is 26.2 Å². The van der Waals surface area contributed by atoms with Gasteiger partial charge in [0.25, 0.3) is 5.91 Å². The molecule has 0 saturated heterocycles. The lowest BCUT2D eigenvalue weighted by Gasteiger charge is -2.11. The van der Waals surface area contributed by atoms with E-state index in [1.807, 2.05) is 24.3 Å². The van der Waals surface area contributed by atoms with E-state index in [9.17, 15) is 4.79 Å². The lowest BCUT2D eigenvalue weighted by atomic mass is 9.98. The zero-order valence-electron chi connectivity index (χ0n) is 12.2. The molecule has 0 aliphatic carbocycles. The van der Waals surface area contributed by atoms with Gasteiger partial charge in [0.05, 0.1) is 5.56 Å². The monoisotopic (exact) mass is 302 g/mol. The van der Waals surface area contributed by atoms with E-state index in [1.54, 1.807) is 18.2 Å². The van der Waals surface area contributed by atoms with Gasteiger partial charge < -0.3 is 11.1 Å². The number of nitrogens with two attached hydrogens (primary N) is 1. The maximum absolute atomic E-state index is 12.2. The quantitative estimate of drug-likeness (QED) is 0.805. The van der Waals surface area contributed by atoms with E-state index in [4.69, 9.17) is 17.3 Å². The standard InChI is InChI=1S/C17H19ClN2O/c1-3-11(2)12-4-7-14(8-5-12)20-17(21)15-10-13(18)6-9-16(15)19/h4-11H,3,19H2,1-2H3,(H,20,21). The van der Waals surface area contributed by atoms with E-state index in [2.05, 4.69) is 19.2 Å². The first-order valence-electron chi connectivity index (χ1n) is 6.97. The molecule has 3 nitrogen and oxygen atoms in total. The first kappa shape index (κ1) is 15.4. The van der Waals surface area contributed by atoms with Crippen molar-refractivity contribution in [2.24, 2.45) is 0 Å². The third-order valence-corrected chi connectivity index (χ3v) is 3.85. The third-order valence-electron chi connectivity index (χ3n) is 3.61. The number of rotatable bonds is 4. The second-order valence-electron chi connectivity index (χ2n) is 5.12. The van der Waals surface area contributed by atoms with Crippen molar-refractivity contribution >= 4 is 28.9 Å². The Morgan fingerprint density at radius 2 is 1.90 bits per heavy atom. The molecule has 2 rings (SSSR count). The normalized spacial score (nSPS) is 12.0. The van der Waals surface area contributed by atoms with Crippen LogP contribution in [-0.2, 0) is 0 Å². The Morgan fingerprint density at radius 1 is 1.24 bits per heavy atom. The molecule has 0 spiro atoms. The topological polar surface area (TPSA) is 55.1 Å². The highest BCUT2D eigenvalue weighted by atomic mass is 35.5. The molecule has 0 bridgehead atoms. The number of carbonyl (C=O) groups excluding carboxylic acids is 1. The van der Waals surface area contributed by atoms with Crippen molar-refractivity contribution in [2.75, 3.05) is 11.1 Å². The van der Waals surface area contributed by atoms with Crippen LogP contribution in [0.2, 0.25) is 5.02 Å². The number of anilines is 2. The minimum Gasteiger partial charge on any atom is -0.398 e. The molecule has 21 heavy (non-hydrogen) atoms. The summed E-state index contributed by atoms with van der Waals surface area (Å²) in [6, 6.07) is 12.7. The molecule has 4 heteroatoms. The molecule has 2 aromatic carbocycles. The van der Waals surface area contributed by atoms with Gasteiger partial charge in [-0.25, -0.2) is 0 Å². The summed E-state index contributed by atoms with van der Waals surface area (Å²) >= 11 is 5.90. The Hall–Kier alpha value is -2.00. The van der Waals surface area contributed by atoms with Gasteiger partial charge in [-0.15, -0.1) is 0 Å². The van der Waals surface area contributed by atoms with Crippen LogP contribution in [0.15, 0.2) is 42.5 Å². The summed E-state index contributed by atoms with van der Waals surface area (Å²) < 4.78 is 0. The summed E-state index contributed by atoms with van der Waals surface area (Å²) in [6.07, 6.45) is 1.09. The molecule has 2 aromatic rings. The van der Waals surface area contributed by atoms with Gasteiger partial charge in [0.2, 0.25) is 0 Å². The largest absolute Gasteiger partial charge is 0.398 e. The number of nitrogens with one attached hydrogen (secondary N) is 1. The summed E-state index contributed by atoms with van der Waals surface area (Å²) in [6.45, 7) is 4.34. The van der Waals surface area contributed by atoms with Crippen LogP contribution in [0.5, 0.6) is 0 Å². The molecule has 1 unspecified atom stereocenters. The fourth-order valence-electron chi connectivity index (χ4n) is 2.05. The van der Waals surface area contributed by atoms with Crippen molar-refractivity contribution in [1.82, 2.24) is 0 Å². The molecule has 0 aliphatic rings. The van der Waals surface area contributed by atoms with Crippen LogP contribution in [0.1, 0.15) is 42.1 Å². The molecule has 0 fully saturated rings. The summed E-state index contributed by atoms with van der Waals surface area (Å²) in [7, 11) is 0. The number of hydrogen-bond donors (Lipinski definition) is 2. The average Bonchev–Trinajstić information content (AvgIpc) is 2.49. The van der Waals surface area contributed by atoms with Crippen LogP contribution in [-0.4, -0.2) is 5.91 Å². The molecular weight excluding hydrogens is 284 g/mol. The Morgan fingerprint density at radius 3 is 2.52 bits per heavy atom. The summed E-state index contributed by atoms with van der Waals surface area (Å²) in [5.41, 5.74) is 8.60. The van der Waals surface area contributed by atoms with Gasteiger partial charge in [-0.05, 0) is 48.2 Å². The van der Waals surface area contributed by atoms with E-state index >= 15 is 0 Å². The Bertz CT molecular complexity index is 638. The van der Waals surface area contributed by atoms with Crippen LogP contribution in [0.4, 0.5) is 11.4 Å². The maximum atomic E-state index is 12.2. The van der Waals surface area contributed by atoms with Gasteiger partial charge in [0, 0.05) is 16.4 Å². The minimum absolute atomic E-state index is 0.258. The lowest BCUT2D eigenvalue weighted by Crippen LogP contribution is -2.14. The van der Waals surface area contributed by atoms with Crippen LogP contribution >= 0.6 is 11.6 Å². The van der Waals surface area contributed by atoms with Gasteiger partial charge in [-0.2, -0.15) is 0 Å². The Kier molecular flexibility index (Phi) is 4.86. The van der Waals surface area contributed by atoms with Crippen LogP contribution in [0.3, 0.4) is 0 Å². The van der Waals surface area contributed by atoms with E-state index < -0.39 is 0 Å². The fourth-order valence-corrected chi connectivity index (χ4v) is 2.23. The Balaban J connectivity index is 2.14. The lowest BCUT2D eigenvalue weighted by molar-refractivity contribution is 0.102. The van der Waals surface area contributed by atoms with Crippen molar-refractivity contribution < 1.29 is 4.79 Å². The van der Waals surface area contributed by atoms with Gasteiger partial charge in [-0.3, -0.25) is 4.79 Å². The second kappa shape index (κ2) is 6.64. The van der Waals surface area contributed by atoms with Gasteiger partial charge in [-0.1, -0.05) is 37.6 Å². The van der Waals surface area contributed by atoms with E-state index in [0.717, 1.165) is 12.1 Å². The molecule has 3 N–H and O–H groups in total. The molecule has 110 valence electrons. The molecule has 0 aliphatic heterocycles. The van der Waals surface area contributed by atoms with E-state index in [0.29, 0.717) is 22.2 Å². The van der Waals surface area contributed by atoms with Crippen molar-refractivity contribution in [3.63, 3.8) is 0 Å². The first-order chi connectivity index (χ1) is 10.0. The average molecular weight is 303 g/mol. The number of amides is 1. The predicted molar refractivity (Wildman–Crippen MR) is 89.0 cm³/mol. The summed E-state index contributed by atoms with van der Waals surface area (Å²) in [5, 5.41) is 3.32. The Labute approximate surface area is 130 Å². The molecule has 0 saturated carbocycles. The fraction of sp³-hybridized carbons (Fsp3) is 0.235. The molecule has 0 heterocycles. The van der Waals surface area contributed by atoms with E-state index in [-0.39, 0.29) is 5.91 Å². The van der Waals surface area contributed by atoms with Gasteiger partial charge in [0.1, 0.15) is 0 Å². The van der Waals surface area contributed by atoms with Gasteiger partial charge >= 0.3 is 0 Å². The molecule has 0 radical (unpaired) electrons. The smallest absolute Gasteiger partial charge is 0.257 e. The third kappa shape index (κ3) is 3.76. The number of carbonyl (C=O) groups is 1. The molecule has 1 atom stereocenters. The number of nitrogen functional groups attached to an aromatic ring is 1. The number of benzene rings is 2. The zero-order chi connectivity index (χ0) is 15.4. The van der Waals surface area contributed by atoms with Crippen LogP contribution in [0.25, 0.3) is 0 Å². The van der Waals surface area contributed by atoms with Gasteiger partial charge in [0.15, 0.2) is 0 Å². The van der Waals surface area contributed by atoms with Crippen molar-refractivity contribution in [1.29, 1.82) is 0 Å². The highest BCUT2D eigenvalue weighted by molar-refractivity contribution is 6.31. The molecule has 1 amide bonds. The highest BCUT2D eigenvalue weighted by Gasteiger charge is 2.11. The second-order valence-corrected chi connectivity index (χ2v) is 5.55. The summed E-state index contributed by atoms with van der Waals surface area (Å²) in [4.78, 5) is 12.2. The number of hydrogen-bond acceptors (Lipinski definition) is 2. The molecular formula is C17H19ClN2O. The van der Waals surface area contributed by atoms with Crippen LogP contribution < -0.4 is 11.1 Å². The molecule has 0 aromatic heterocycles. The number of halogens is 1. The minimum atomic E-state index is -0.258. The zero-order valence-corrected chi connectivity index (χ0v) is 12.9. The summed E-state index contributed by atoms with van der Waals surface area (Å²) in [5.74, 6) is 0.254. The van der Waals surface area contributed by atoms with Crippen molar-refractivity contribution in [3.8, 4) is 0 Å². The first-order valence-corrected chi connectivity index (χ1v) is 7.35. The SMILES string of the molecule is CCC(C)c1ccc(NC(=O)c2cc(Cl)ccc2N)cc1. The van der Waals surface area contributed by atoms with E-state index in [1.165, 1.54) is 5.56 Å². The predicted octanol–water partition coefficient (Wildman–Crippen LogP) is 4.69. The highest BCUT2D eigenvalue weighted by Crippen LogP contribution is 2.22. The maximum Gasteiger partial charge on any atom is 0.257 e. The van der Waals surface area contributed by atoms with Crippen molar-refractivity contribution in [3.05, 3.63) is 58.6 Å². The van der Waals surface area contributed by atoms with Crippen LogP contribution in [0, 0.1) is 0 Å².